The molecule has 0 atom stereocenters. The van der Waals surface area contributed by atoms with Gasteiger partial charge in [-0.05, 0) is 25.0 Å². The van der Waals surface area contributed by atoms with E-state index in [0.717, 1.165) is 36.8 Å². The van der Waals surface area contributed by atoms with Crippen molar-refractivity contribution in [3.63, 3.8) is 0 Å². The van der Waals surface area contributed by atoms with Gasteiger partial charge in [0.05, 0.1) is 10.4 Å². The van der Waals surface area contributed by atoms with E-state index >= 15 is 0 Å². The molecule has 0 spiro atoms. The van der Waals surface area contributed by atoms with Crippen LogP contribution in [0.5, 0.6) is 0 Å². The van der Waals surface area contributed by atoms with Crippen LogP contribution in [0, 0.1) is 0 Å². The molecule has 1 aromatic heterocycles. The van der Waals surface area contributed by atoms with Crippen molar-refractivity contribution in [2.75, 3.05) is 13.1 Å². The number of aliphatic hydroxyl groups excluding tert-OH is 1. The molecule has 0 aromatic carbocycles. The van der Waals surface area contributed by atoms with E-state index in [1.54, 1.807) is 11.3 Å². The second kappa shape index (κ2) is 4.62. The molecule has 0 amide bonds. The lowest BCUT2D eigenvalue weighted by Gasteiger charge is -2.28. The molecule has 0 unspecified atom stereocenters. The molecular formula is C10H14ClNOS. The lowest BCUT2D eigenvalue weighted by Crippen LogP contribution is -2.35. The zero-order valence-electron chi connectivity index (χ0n) is 7.95. The van der Waals surface area contributed by atoms with Crippen molar-refractivity contribution in [2.24, 2.45) is 0 Å². The van der Waals surface area contributed by atoms with E-state index in [-0.39, 0.29) is 6.10 Å². The molecule has 2 heterocycles. The zero-order valence-corrected chi connectivity index (χ0v) is 9.52. The fraction of sp³-hybridized carbons (Fsp3) is 0.600. The number of halogens is 1. The molecule has 0 radical (unpaired) electrons. The van der Waals surface area contributed by atoms with E-state index in [1.165, 1.54) is 4.88 Å². The summed E-state index contributed by atoms with van der Waals surface area (Å²) < 4.78 is 0.858. The molecule has 0 bridgehead atoms. The van der Waals surface area contributed by atoms with Crippen LogP contribution in [0.3, 0.4) is 0 Å². The highest BCUT2D eigenvalue weighted by atomic mass is 35.5. The minimum atomic E-state index is -0.0850. The van der Waals surface area contributed by atoms with Crippen molar-refractivity contribution >= 4 is 22.9 Å². The molecule has 78 valence electrons. The average Bonchev–Trinajstić information content (AvgIpc) is 2.56. The fourth-order valence-corrected chi connectivity index (χ4v) is 2.86. The lowest BCUT2D eigenvalue weighted by molar-refractivity contribution is 0.0797. The molecule has 14 heavy (non-hydrogen) atoms. The summed E-state index contributed by atoms with van der Waals surface area (Å²) in [6.07, 6.45) is 1.72. The van der Waals surface area contributed by atoms with Crippen molar-refractivity contribution < 1.29 is 5.11 Å². The molecule has 0 saturated carbocycles. The highest BCUT2D eigenvalue weighted by Gasteiger charge is 2.17. The van der Waals surface area contributed by atoms with Gasteiger partial charge in [-0.25, -0.2) is 0 Å². The Labute approximate surface area is 93.1 Å². The average molecular weight is 232 g/mol. The summed E-state index contributed by atoms with van der Waals surface area (Å²) >= 11 is 7.50. The first-order valence-corrected chi connectivity index (χ1v) is 6.08. The van der Waals surface area contributed by atoms with Crippen molar-refractivity contribution in [1.82, 2.24) is 4.90 Å². The standard InChI is InChI=1S/C10H14ClNOS/c11-10-2-1-9(14-10)7-12-5-3-8(13)4-6-12/h1-2,8,13H,3-7H2. The predicted molar refractivity (Wildman–Crippen MR) is 59.8 cm³/mol. The number of likely N-dealkylation sites (tertiary alicyclic amines) is 1. The van der Waals surface area contributed by atoms with Gasteiger partial charge in [-0.2, -0.15) is 0 Å². The van der Waals surface area contributed by atoms with Gasteiger partial charge in [-0.1, -0.05) is 11.6 Å². The summed E-state index contributed by atoms with van der Waals surface area (Å²) in [6, 6.07) is 4.03. The van der Waals surface area contributed by atoms with Gasteiger partial charge in [0.2, 0.25) is 0 Å². The summed E-state index contributed by atoms with van der Waals surface area (Å²) in [5.41, 5.74) is 0. The first-order valence-electron chi connectivity index (χ1n) is 4.88. The Kier molecular flexibility index (Phi) is 3.44. The third-order valence-electron chi connectivity index (χ3n) is 2.57. The molecular weight excluding hydrogens is 218 g/mol. The maximum absolute atomic E-state index is 9.35. The fourth-order valence-electron chi connectivity index (χ4n) is 1.73. The smallest absolute Gasteiger partial charge is 0.0931 e. The quantitative estimate of drug-likeness (QED) is 0.845. The topological polar surface area (TPSA) is 23.5 Å². The van der Waals surface area contributed by atoms with Crippen LogP contribution in [0.25, 0.3) is 0 Å². The summed E-state index contributed by atoms with van der Waals surface area (Å²) in [5, 5.41) is 9.35. The van der Waals surface area contributed by atoms with Crippen LogP contribution in [-0.2, 0) is 6.54 Å². The number of piperidine rings is 1. The van der Waals surface area contributed by atoms with Gasteiger partial charge >= 0.3 is 0 Å². The molecule has 1 aliphatic heterocycles. The SMILES string of the molecule is OC1CCN(Cc2ccc(Cl)s2)CC1. The van der Waals surface area contributed by atoms with Crippen LogP contribution in [-0.4, -0.2) is 29.2 Å². The number of hydrogen-bond donors (Lipinski definition) is 1. The van der Waals surface area contributed by atoms with Crippen LogP contribution in [0.1, 0.15) is 17.7 Å². The Balaban J connectivity index is 1.86. The zero-order chi connectivity index (χ0) is 9.97. The Morgan fingerprint density at radius 3 is 2.71 bits per heavy atom. The first kappa shape index (κ1) is 10.4. The Hall–Kier alpha value is -0.0900. The Bertz CT molecular complexity index is 294. The van der Waals surface area contributed by atoms with E-state index in [2.05, 4.69) is 11.0 Å². The highest BCUT2D eigenvalue weighted by molar-refractivity contribution is 7.16. The molecule has 1 saturated heterocycles. The van der Waals surface area contributed by atoms with Crippen LogP contribution in [0.2, 0.25) is 4.34 Å². The summed E-state index contributed by atoms with van der Waals surface area (Å²) in [5.74, 6) is 0. The van der Waals surface area contributed by atoms with Gasteiger partial charge in [-0.15, -0.1) is 11.3 Å². The van der Waals surface area contributed by atoms with Crippen LogP contribution in [0.4, 0.5) is 0 Å². The largest absolute Gasteiger partial charge is 0.393 e. The lowest BCUT2D eigenvalue weighted by atomic mass is 10.1. The Morgan fingerprint density at radius 2 is 2.14 bits per heavy atom. The molecule has 1 aliphatic rings. The molecule has 1 N–H and O–H groups in total. The molecule has 1 aromatic rings. The van der Waals surface area contributed by atoms with Crippen molar-refractivity contribution in [3.8, 4) is 0 Å². The summed E-state index contributed by atoms with van der Waals surface area (Å²) in [4.78, 5) is 3.68. The monoisotopic (exact) mass is 231 g/mol. The van der Waals surface area contributed by atoms with Gasteiger partial charge in [0.25, 0.3) is 0 Å². The van der Waals surface area contributed by atoms with Crippen LogP contribution in [0.15, 0.2) is 12.1 Å². The number of rotatable bonds is 2. The second-order valence-corrected chi connectivity index (χ2v) is 5.51. The van der Waals surface area contributed by atoms with Gasteiger partial charge in [0, 0.05) is 24.5 Å². The molecule has 0 aliphatic carbocycles. The Morgan fingerprint density at radius 1 is 1.43 bits per heavy atom. The van der Waals surface area contributed by atoms with Crippen LogP contribution < -0.4 is 0 Å². The number of nitrogens with zero attached hydrogens (tertiary/aromatic N) is 1. The first-order chi connectivity index (χ1) is 6.74. The summed E-state index contributed by atoms with van der Waals surface area (Å²) in [6.45, 7) is 2.97. The van der Waals surface area contributed by atoms with E-state index in [4.69, 9.17) is 11.6 Å². The van der Waals surface area contributed by atoms with Crippen molar-refractivity contribution in [3.05, 3.63) is 21.3 Å². The van der Waals surface area contributed by atoms with Gasteiger partial charge < -0.3 is 5.11 Å². The molecule has 4 heteroatoms. The second-order valence-electron chi connectivity index (χ2n) is 3.71. The third-order valence-corrected chi connectivity index (χ3v) is 3.78. The van der Waals surface area contributed by atoms with E-state index in [1.807, 2.05) is 6.07 Å². The third kappa shape index (κ3) is 2.70. The number of thiophene rings is 1. The van der Waals surface area contributed by atoms with Gasteiger partial charge in [0.15, 0.2) is 0 Å². The number of aliphatic hydroxyl groups is 1. The van der Waals surface area contributed by atoms with Crippen LogP contribution >= 0.6 is 22.9 Å². The maximum Gasteiger partial charge on any atom is 0.0931 e. The van der Waals surface area contributed by atoms with Crippen molar-refractivity contribution in [2.45, 2.75) is 25.5 Å². The van der Waals surface area contributed by atoms with E-state index in [0.29, 0.717) is 0 Å². The predicted octanol–water partition coefficient (Wildman–Crippen LogP) is 2.36. The minimum Gasteiger partial charge on any atom is -0.393 e. The number of hydrogen-bond acceptors (Lipinski definition) is 3. The van der Waals surface area contributed by atoms with Crippen molar-refractivity contribution in [1.29, 1.82) is 0 Å². The van der Waals surface area contributed by atoms with Gasteiger partial charge in [-0.3, -0.25) is 4.90 Å². The molecule has 2 rings (SSSR count). The van der Waals surface area contributed by atoms with Gasteiger partial charge in [0.1, 0.15) is 0 Å². The summed E-state index contributed by atoms with van der Waals surface area (Å²) in [7, 11) is 0. The molecule has 2 nitrogen and oxygen atoms in total. The molecule has 1 fully saturated rings. The highest BCUT2D eigenvalue weighted by Crippen LogP contribution is 2.23. The minimum absolute atomic E-state index is 0.0850. The normalized spacial score (nSPS) is 20.1. The maximum atomic E-state index is 9.35. The van der Waals surface area contributed by atoms with E-state index < -0.39 is 0 Å². The van der Waals surface area contributed by atoms with E-state index in [9.17, 15) is 5.11 Å².